The Morgan fingerprint density at radius 3 is 2.55 bits per heavy atom. The lowest BCUT2D eigenvalue weighted by Crippen LogP contribution is -2.16. The Morgan fingerprint density at radius 1 is 1.55 bits per heavy atom. The summed E-state index contributed by atoms with van der Waals surface area (Å²) in [7, 11) is 1.72. The number of nitrogens with zero attached hydrogens (tertiary/aromatic N) is 2. The van der Waals surface area contributed by atoms with Gasteiger partial charge in [0.1, 0.15) is 6.10 Å². The SMILES string of the molecule is CC(O)C(O)c1ccnn1C. The number of rotatable bonds is 2. The fraction of sp³-hybridized carbons (Fsp3) is 0.571. The molecule has 0 bridgehead atoms. The summed E-state index contributed by atoms with van der Waals surface area (Å²) in [6, 6.07) is 1.68. The Bertz CT molecular complexity index is 232. The lowest BCUT2D eigenvalue weighted by Gasteiger charge is -2.12. The third kappa shape index (κ3) is 1.58. The number of aromatic nitrogens is 2. The topological polar surface area (TPSA) is 58.3 Å². The Balaban J connectivity index is 2.84. The monoisotopic (exact) mass is 156 g/mol. The van der Waals surface area contributed by atoms with E-state index in [9.17, 15) is 5.11 Å². The molecule has 2 N–H and O–H groups in total. The molecule has 1 aromatic heterocycles. The number of hydrogen-bond acceptors (Lipinski definition) is 3. The zero-order chi connectivity index (χ0) is 8.43. The quantitative estimate of drug-likeness (QED) is 0.625. The normalized spacial score (nSPS) is 16.4. The van der Waals surface area contributed by atoms with Crippen molar-refractivity contribution in [1.29, 1.82) is 0 Å². The first kappa shape index (κ1) is 8.23. The molecule has 62 valence electrons. The van der Waals surface area contributed by atoms with Crippen molar-refractivity contribution < 1.29 is 10.2 Å². The maximum Gasteiger partial charge on any atom is 0.121 e. The van der Waals surface area contributed by atoms with Crippen LogP contribution in [0.15, 0.2) is 12.3 Å². The van der Waals surface area contributed by atoms with Gasteiger partial charge in [0, 0.05) is 13.2 Å². The first-order chi connectivity index (χ1) is 5.13. The molecule has 0 spiro atoms. The van der Waals surface area contributed by atoms with E-state index >= 15 is 0 Å². The average Bonchev–Trinajstić information content (AvgIpc) is 2.33. The molecular weight excluding hydrogens is 144 g/mol. The Kier molecular flexibility index (Phi) is 2.26. The number of aliphatic hydroxyl groups is 2. The van der Waals surface area contributed by atoms with E-state index in [1.165, 1.54) is 11.6 Å². The van der Waals surface area contributed by atoms with Gasteiger partial charge in [-0.1, -0.05) is 0 Å². The molecule has 1 rings (SSSR count). The number of aliphatic hydroxyl groups excluding tert-OH is 2. The molecule has 1 aromatic rings. The summed E-state index contributed by atoms with van der Waals surface area (Å²) in [5, 5.41) is 22.2. The van der Waals surface area contributed by atoms with Gasteiger partial charge in [-0.15, -0.1) is 0 Å². The van der Waals surface area contributed by atoms with Crippen molar-refractivity contribution in [3.05, 3.63) is 18.0 Å². The summed E-state index contributed by atoms with van der Waals surface area (Å²) in [5.74, 6) is 0. The number of aryl methyl sites for hydroxylation is 1. The van der Waals surface area contributed by atoms with Gasteiger partial charge in [0.2, 0.25) is 0 Å². The minimum absolute atomic E-state index is 0.625. The van der Waals surface area contributed by atoms with Gasteiger partial charge >= 0.3 is 0 Å². The largest absolute Gasteiger partial charge is 0.390 e. The van der Waals surface area contributed by atoms with E-state index in [1.54, 1.807) is 19.3 Å². The minimum atomic E-state index is -0.845. The smallest absolute Gasteiger partial charge is 0.121 e. The molecule has 1 heterocycles. The second-order valence-electron chi connectivity index (χ2n) is 2.57. The molecule has 0 saturated carbocycles. The lowest BCUT2D eigenvalue weighted by molar-refractivity contribution is 0.0254. The van der Waals surface area contributed by atoms with Crippen molar-refractivity contribution in [1.82, 2.24) is 9.78 Å². The molecule has 0 aromatic carbocycles. The highest BCUT2D eigenvalue weighted by atomic mass is 16.3. The first-order valence-corrected chi connectivity index (χ1v) is 3.47. The molecule has 0 aliphatic rings. The van der Waals surface area contributed by atoms with Gasteiger partial charge < -0.3 is 10.2 Å². The van der Waals surface area contributed by atoms with E-state index in [-0.39, 0.29) is 0 Å². The van der Waals surface area contributed by atoms with Crippen LogP contribution in [0.1, 0.15) is 18.7 Å². The zero-order valence-corrected chi connectivity index (χ0v) is 6.60. The van der Waals surface area contributed by atoms with Gasteiger partial charge in [0.15, 0.2) is 0 Å². The molecule has 4 heteroatoms. The maximum atomic E-state index is 9.36. The Hall–Kier alpha value is -0.870. The van der Waals surface area contributed by atoms with Crippen molar-refractivity contribution in [2.75, 3.05) is 0 Å². The van der Waals surface area contributed by atoms with E-state index in [0.29, 0.717) is 5.69 Å². The van der Waals surface area contributed by atoms with Crippen molar-refractivity contribution in [3.8, 4) is 0 Å². The molecule has 0 aliphatic carbocycles. The second-order valence-corrected chi connectivity index (χ2v) is 2.57. The molecule has 0 saturated heterocycles. The highest BCUT2D eigenvalue weighted by Gasteiger charge is 2.15. The first-order valence-electron chi connectivity index (χ1n) is 3.47. The summed E-state index contributed by atoms with van der Waals surface area (Å²) in [6.45, 7) is 1.54. The fourth-order valence-corrected chi connectivity index (χ4v) is 0.921. The van der Waals surface area contributed by atoms with Crippen LogP contribution in [0.4, 0.5) is 0 Å². The standard InChI is InChI=1S/C7H12N2O2/c1-5(10)7(11)6-3-4-8-9(6)2/h3-5,7,10-11H,1-2H3. The van der Waals surface area contributed by atoms with Crippen LogP contribution < -0.4 is 0 Å². The van der Waals surface area contributed by atoms with Crippen molar-refractivity contribution in [3.63, 3.8) is 0 Å². The zero-order valence-electron chi connectivity index (χ0n) is 6.60. The van der Waals surface area contributed by atoms with Crippen LogP contribution in [-0.2, 0) is 7.05 Å². The van der Waals surface area contributed by atoms with Gasteiger partial charge in [-0.05, 0) is 13.0 Å². The van der Waals surface area contributed by atoms with Crippen LogP contribution in [-0.4, -0.2) is 26.1 Å². The van der Waals surface area contributed by atoms with E-state index in [1.807, 2.05) is 0 Å². The molecule has 0 fully saturated rings. The van der Waals surface area contributed by atoms with E-state index in [0.717, 1.165) is 0 Å². The molecule has 4 nitrogen and oxygen atoms in total. The van der Waals surface area contributed by atoms with E-state index in [2.05, 4.69) is 5.10 Å². The van der Waals surface area contributed by atoms with E-state index in [4.69, 9.17) is 5.11 Å². The predicted molar refractivity (Wildman–Crippen MR) is 39.8 cm³/mol. The molecule has 11 heavy (non-hydrogen) atoms. The van der Waals surface area contributed by atoms with Crippen molar-refractivity contribution in [2.45, 2.75) is 19.1 Å². The molecule has 2 atom stereocenters. The van der Waals surface area contributed by atoms with Crippen LogP contribution in [0.5, 0.6) is 0 Å². The predicted octanol–water partition coefficient (Wildman–Crippen LogP) is -0.166. The average molecular weight is 156 g/mol. The third-order valence-electron chi connectivity index (χ3n) is 1.62. The summed E-state index contributed by atoms with van der Waals surface area (Å²) in [5.41, 5.74) is 0.625. The van der Waals surface area contributed by atoms with Crippen LogP contribution in [0.2, 0.25) is 0 Å². The Morgan fingerprint density at radius 2 is 2.18 bits per heavy atom. The molecule has 0 aliphatic heterocycles. The second kappa shape index (κ2) is 3.02. The third-order valence-corrected chi connectivity index (χ3v) is 1.62. The van der Waals surface area contributed by atoms with Crippen molar-refractivity contribution >= 4 is 0 Å². The lowest BCUT2D eigenvalue weighted by atomic mass is 10.2. The van der Waals surface area contributed by atoms with Crippen LogP contribution in [0, 0.1) is 0 Å². The molecule has 2 unspecified atom stereocenters. The highest BCUT2D eigenvalue weighted by Crippen LogP contribution is 2.14. The van der Waals surface area contributed by atoms with Crippen LogP contribution in [0.3, 0.4) is 0 Å². The van der Waals surface area contributed by atoms with E-state index < -0.39 is 12.2 Å². The maximum absolute atomic E-state index is 9.36. The number of hydrogen-bond donors (Lipinski definition) is 2. The van der Waals surface area contributed by atoms with Gasteiger partial charge in [-0.3, -0.25) is 4.68 Å². The summed E-state index contributed by atoms with van der Waals surface area (Å²) < 4.78 is 1.54. The van der Waals surface area contributed by atoms with Gasteiger partial charge in [-0.25, -0.2) is 0 Å². The van der Waals surface area contributed by atoms with Gasteiger partial charge in [0.05, 0.1) is 11.8 Å². The molecule has 0 radical (unpaired) electrons. The molecular formula is C7H12N2O2. The fourth-order valence-electron chi connectivity index (χ4n) is 0.921. The van der Waals surface area contributed by atoms with Crippen molar-refractivity contribution in [2.24, 2.45) is 7.05 Å². The van der Waals surface area contributed by atoms with Gasteiger partial charge in [-0.2, -0.15) is 5.10 Å². The van der Waals surface area contributed by atoms with Crippen LogP contribution in [0.25, 0.3) is 0 Å². The van der Waals surface area contributed by atoms with Crippen LogP contribution >= 0.6 is 0 Å². The molecule has 0 amide bonds. The summed E-state index contributed by atoms with van der Waals surface area (Å²) in [6.07, 6.45) is -0.0195. The highest BCUT2D eigenvalue weighted by molar-refractivity contribution is 5.05. The summed E-state index contributed by atoms with van der Waals surface area (Å²) >= 11 is 0. The minimum Gasteiger partial charge on any atom is -0.390 e. The van der Waals surface area contributed by atoms with Gasteiger partial charge in [0.25, 0.3) is 0 Å². The Labute approximate surface area is 65.1 Å². The summed E-state index contributed by atoms with van der Waals surface area (Å²) in [4.78, 5) is 0.